The molecule has 3 aromatic rings. The SMILES string of the molecule is CC1CC[NH+](Cc2nc(Sc3nccn3C)c3c4c(sc3n2)CCC4)CC1. The molecule has 1 aliphatic carbocycles. The maximum absolute atomic E-state index is 5.06. The molecule has 0 radical (unpaired) electrons. The molecule has 1 aliphatic heterocycles. The van der Waals surface area contributed by atoms with E-state index in [1.54, 1.807) is 16.7 Å². The number of aryl methyl sites for hydroxylation is 3. The van der Waals surface area contributed by atoms with Crippen molar-refractivity contribution in [3.8, 4) is 0 Å². The zero-order valence-corrected chi connectivity index (χ0v) is 17.6. The monoisotopic (exact) mass is 400 g/mol. The Morgan fingerprint density at radius 2 is 2.11 bits per heavy atom. The predicted molar refractivity (Wildman–Crippen MR) is 110 cm³/mol. The maximum Gasteiger partial charge on any atom is 0.186 e. The number of aromatic nitrogens is 4. The summed E-state index contributed by atoms with van der Waals surface area (Å²) in [4.78, 5) is 18.9. The number of piperidine rings is 1. The second-order valence-corrected chi connectivity index (χ2v) is 10.1. The van der Waals surface area contributed by atoms with Gasteiger partial charge in [-0.3, -0.25) is 0 Å². The highest BCUT2D eigenvalue weighted by atomic mass is 32.2. The molecule has 7 heteroatoms. The molecule has 5 nitrogen and oxygen atoms in total. The van der Waals surface area contributed by atoms with E-state index < -0.39 is 0 Å². The molecule has 0 unspecified atom stereocenters. The van der Waals surface area contributed by atoms with Crippen LogP contribution in [0.1, 0.15) is 42.5 Å². The summed E-state index contributed by atoms with van der Waals surface area (Å²) in [5.41, 5.74) is 1.50. The van der Waals surface area contributed by atoms with E-state index in [0.717, 1.165) is 28.5 Å². The molecular formula is C20H26N5S2+. The van der Waals surface area contributed by atoms with Crippen molar-refractivity contribution in [3.63, 3.8) is 0 Å². The lowest BCUT2D eigenvalue weighted by Crippen LogP contribution is -3.11. The van der Waals surface area contributed by atoms with Crippen molar-refractivity contribution in [1.82, 2.24) is 19.5 Å². The number of quaternary nitrogens is 1. The lowest BCUT2D eigenvalue weighted by Gasteiger charge is -2.26. The highest BCUT2D eigenvalue weighted by Crippen LogP contribution is 2.41. The minimum absolute atomic E-state index is 0.868. The zero-order chi connectivity index (χ0) is 18.4. The van der Waals surface area contributed by atoms with E-state index in [-0.39, 0.29) is 0 Å². The lowest BCUT2D eigenvalue weighted by molar-refractivity contribution is -0.920. The molecule has 3 aromatic heterocycles. The molecule has 1 saturated heterocycles. The van der Waals surface area contributed by atoms with Gasteiger partial charge in [0.15, 0.2) is 11.0 Å². The van der Waals surface area contributed by atoms with Crippen LogP contribution in [-0.4, -0.2) is 32.6 Å². The van der Waals surface area contributed by atoms with Crippen molar-refractivity contribution in [2.45, 2.75) is 55.8 Å². The van der Waals surface area contributed by atoms with Crippen LogP contribution in [0.15, 0.2) is 22.6 Å². The molecule has 2 aliphatic rings. The summed E-state index contributed by atoms with van der Waals surface area (Å²) in [5.74, 6) is 1.87. The number of hydrogen-bond donors (Lipinski definition) is 1. The molecule has 5 rings (SSSR count). The van der Waals surface area contributed by atoms with E-state index in [1.807, 2.05) is 30.8 Å². The molecule has 27 heavy (non-hydrogen) atoms. The molecule has 0 bridgehead atoms. The van der Waals surface area contributed by atoms with Crippen LogP contribution in [-0.2, 0) is 26.4 Å². The van der Waals surface area contributed by atoms with Gasteiger partial charge in [-0.05, 0) is 55.3 Å². The maximum atomic E-state index is 5.06. The van der Waals surface area contributed by atoms with Crippen LogP contribution in [0.2, 0.25) is 0 Å². The minimum atomic E-state index is 0.868. The Balaban J connectivity index is 1.52. The number of nitrogens with one attached hydrogen (secondary N) is 1. The smallest absolute Gasteiger partial charge is 0.186 e. The van der Waals surface area contributed by atoms with Crippen molar-refractivity contribution in [3.05, 3.63) is 28.7 Å². The van der Waals surface area contributed by atoms with Crippen LogP contribution in [0.4, 0.5) is 0 Å². The first kappa shape index (κ1) is 17.6. The Kier molecular flexibility index (Phi) is 4.70. The van der Waals surface area contributed by atoms with Gasteiger partial charge >= 0.3 is 0 Å². The van der Waals surface area contributed by atoms with Gasteiger partial charge in [0.1, 0.15) is 16.4 Å². The average Bonchev–Trinajstić information content (AvgIpc) is 3.33. The highest BCUT2D eigenvalue weighted by Gasteiger charge is 2.25. The molecule has 0 atom stereocenters. The van der Waals surface area contributed by atoms with Gasteiger partial charge in [-0.25, -0.2) is 15.0 Å². The molecule has 1 fully saturated rings. The quantitative estimate of drug-likeness (QED) is 0.684. The van der Waals surface area contributed by atoms with Crippen LogP contribution in [0.3, 0.4) is 0 Å². The van der Waals surface area contributed by atoms with E-state index in [4.69, 9.17) is 9.97 Å². The van der Waals surface area contributed by atoms with Crippen LogP contribution >= 0.6 is 23.1 Å². The zero-order valence-electron chi connectivity index (χ0n) is 16.0. The summed E-state index contributed by atoms with van der Waals surface area (Å²) < 4.78 is 2.07. The van der Waals surface area contributed by atoms with Gasteiger partial charge in [0.2, 0.25) is 0 Å². The summed E-state index contributed by atoms with van der Waals surface area (Å²) in [6.07, 6.45) is 10.1. The standard InChI is InChI=1S/C20H25N5S2/c1-13-6-9-25(10-7-13)12-16-22-18-17(14-4-3-5-15(14)26-18)19(23-16)27-20-21-8-11-24(20)2/h8,11,13H,3-7,9-10,12H2,1-2H3/p+1. The molecule has 0 aromatic carbocycles. The van der Waals surface area contributed by atoms with Crippen molar-refractivity contribution < 1.29 is 4.90 Å². The highest BCUT2D eigenvalue weighted by molar-refractivity contribution is 7.99. The van der Waals surface area contributed by atoms with Crippen molar-refractivity contribution >= 4 is 33.3 Å². The lowest BCUT2D eigenvalue weighted by atomic mass is 9.99. The third-order valence-corrected chi connectivity index (χ3v) is 8.18. The van der Waals surface area contributed by atoms with Crippen LogP contribution < -0.4 is 4.90 Å². The Morgan fingerprint density at radius 1 is 1.26 bits per heavy atom. The predicted octanol–water partition coefficient (Wildman–Crippen LogP) is 2.88. The van der Waals surface area contributed by atoms with Gasteiger partial charge in [-0.15, -0.1) is 11.3 Å². The summed E-state index contributed by atoms with van der Waals surface area (Å²) in [5, 5.41) is 3.40. The van der Waals surface area contributed by atoms with Gasteiger partial charge in [0.25, 0.3) is 0 Å². The van der Waals surface area contributed by atoms with Gasteiger partial charge < -0.3 is 9.47 Å². The molecular weight excluding hydrogens is 374 g/mol. The third kappa shape index (κ3) is 3.41. The molecule has 0 saturated carbocycles. The first-order valence-corrected chi connectivity index (χ1v) is 11.6. The molecule has 0 amide bonds. The molecule has 4 heterocycles. The number of imidazole rings is 1. The minimum Gasteiger partial charge on any atom is -0.329 e. The fourth-order valence-electron chi connectivity index (χ4n) is 4.26. The van der Waals surface area contributed by atoms with Gasteiger partial charge in [-0.2, -0.15) is 0 Å². The summed E-state index contributed by atoms with van der Waals surface area (Å²) in [7, 11) is 2.05. The fourth-order valence-corrected chi connectivity index (χ4v) is 6.57. The van der Waals surface area contributed by atoms with Crippen LogP contribution in [0.25, 0.3) is 10.2 Å². The van der Waals surface area contributed by atoms with Crippen LogP contribution in [0, 0.1) is 5.92 Å². The second-order valence-electron chi connectivity index (χ2n) is 8.01. The Hall–Kier alpha value is -1.44. The van der Waals surface area contributed by atoms with Crippen LogP contribution in [0.5, 0.6) is 0 Å². The topological polar surface area (TPSA) is 48.0 Å². The average molecular weight is 401 g/mol. The number of nitrogens with zero attached hydrogens (tertiary/aromatic N) is 4. The van der Waals surface area contributed by atoms with Crippen molar-refractivity contribution in [1.29, 1.82) is 0 Å². The number of rotatable bonds is 4. The third-order valence-electron chi connectivity index (χ3n) is 5.93. The van der Waals surface area contributed by atoms with E-state index in [9.17, 15) is 0 Å². The Labute approximate surface area is 168 Å². The first-order chi connectivity index (χ1) is 13.2. The summed E-state index contributed by atoms with van der Waals surface area (Å²) >= 11 is 3.59. The number of thiophene rings is 1. The first-order valence-electron chi connectivity index (χ1n) is 9.97. The Bertz CT molecular complexity index is 968. The van der Waals surface area contributed by atoms with Gasteiger partial charge in [0, 0.05) is 29.7 Å². The van der Waals surface area contributed by atoms with Crippen molar-refractivity contribution in [2.24, 2.45) is 13.0 Å². The van der Waals surface area contributed by atoms with E-state index in [0.29, 0.717) is 0 Å². The summed E-state index contributed by atoms with van der Waals surface area (Å²) in [6.45, 7) is 5.80. The van der Waals surface area contributed by atoms with E-state index >= 15 is 0 Å². The Morgan fingerprint density at radius 3 is 2.89 bits per heavy atom. The normalized spacial score (nSPS) is 22.4. The summed E-state index contributed by atoms with van der Waals surface area (Å²) in [6, 6.07) is 0. The number of hydrogen-bond acceptors (Lipinski definition) is 5. The number of likely N-dealkylation sites (tertiary alicyclic amines) is 1. The number of fused-ring (bicyclic) bond motifs is 3. The molecule has 1 N–H and O–H groups in total. The van der Waals surface area contributed by atoms with E-state index in [2.05, 4.69) is 16.5 Å². The second kappa shape index (κ2) is 7.18. The van der Waals surface area contributed by atoms with E-state index in [1.165, 1.54) is 65.9 Å². The largest absolute Gasteiger partial charge is 0.329 e. The molecule has 142 valence electrons. The van der Waals surface area contributed by atoms with Crippen molar-refractivity contribution in [2.75, 3.05) is 13.1 Å². The van der Waals surface area contributed by atoms with Gasteiger partial charge in [-0.1, -0.05) is 6.92 Å². The van der Waals surface area contributed by atoms with Gasteiger partial charge in [0.05, 0.1) is 13.1 Å². The molecule has 0 spiro atoms. The fraction of sp³-hybridized carbons (Fsp3) is 0.550.